The molecule has 0 saturated carbocycles. The normalized spacial score (nSPS) is 12.6. The van der Waals surface area contributed by atoms with Crippen LogP contribution in [0.25, 0.3) is 0 Å². The predicted molar refractivity (Wildman–Crippen MR) is 74.5 cm³/mol. The van der Waals surface area contributed by atoms with Crippen molar-refractivity contribution in [3.05, 3.63) is 53.3 Å². The first-order valence-electron chi connectivity index (χ1n) is 6.57. The van der Waals surface area contributed by atoms with Crippen LogP contribution < -0.4 is 5.32 Å². The molecule has 2 rings (SSSR count). The first kappa shape index (κ1) is 12.8. The van der Waals surface area contributed by atoms with Gasteiger partial charge in [0.25, 0.3) is 0 Å². The molecule has 0 saturated heterocycles. The second kappa shape index (κ2) is 5.83. The van der Waals surface area contributed by atoms with Crippen LogP contribution in [0.15, 0.2) is 36.4 Å². The smallest absolute Gasteiger partial charge is 0.0748 e. The molecule has 0 aliphatic heterocycles. The van der Waals surface area contributed by atoms with Crippen LogP contribution in [0.5, 0.6) is 0 Å². The molecule has 0 aliphatic carbocycles. The van der Waals surface area contributed by atoms with Gasteiger partial charge in [-0.2, -0.15) is 5.10 Å². The summed E-state index contributed by atoms with van der Waals surface area (Å²) in [6.07, 6.45) is 0.974. The predicted octanol–water partition coefficient (Wildman–Crippen LogP) is 2.68. The molecule has 2 aromatic rings. The lowest BCUT2D eigenvalue weighted by Crippen LogP contribution is -2.24. The third kappa shape index (κ3) is 2.62. The van der Waals surface area contributed by atoms with Crippen LogP contribution in [-0.2, 0) is 13.5 Å². The molecule has 0 radical (unpaired) electrons. The molecule has 0 amide bonds. The maximum Gasteiger partial charge on any atom is 0.0748 e. The van der Waals surface area contributed by atoms with Gasteiger partial charge in [0.05, 0.1) is 17.4 Å². The van der Waals surface area contributed by atoms with E-state index < -0.39 is 0 Å². The highest BCUT2D eigenvalue weighted by molar-refractivity contribution is 5.29. The van der Waals surface area contributed by atoms with Gasteiger partial charge in [-0.05, 0) is 24.6 Å². The molecule has 0 spiro atoms. The lowest BCUT2D eigenvalue weighted by Gasteiger charge is -2.18. The average molecular weight is 243 g/mol. The summed E-state index contributed by atoms with van der Waals surface area (Å²) in [5.41, 5.74) is 3.65. The highest BCUT2D eigenvalue weighted by Crippen LogP contribution is 2.22. The third-order valence-electron chi connectivity index (χ3n) is 3.17. The van der Waals surface area contributed by atoms with Gasteiger partial charge in [-0.1, -0.05) is 44.2 Å². The minimum Gasteiger partial charge on any atom is -0.305 e. The van der Waals surface area contributed by atoms with E-state index in [1.807, 2.05) is 17.8 Å². The van der Waals surface area contributed by atoms with Crippen molar-refractivity contribution in [2.75, 3.05) is 6.54 Å². The summed E-state index contributed by atoms with van der Waals surface area (Å²) in [5, 5.41) is 8.07. The molecule has 1 N–H and O–H groups in total. The van der Waals surface area contributed by atoms with Crippen LogP contribution in [-0.4, -0.2) is 16.3 Å². The zero-order valence-electron chi connectivity index (χ0n) is 11.4. The van der Waals surface area contributed by atoms with E-state index in [9.17, 15) is 0 Å². The lowest BCUT2D eigenvalue weighted by atomic mass is 10.0. The molecule has 3 heteroatoms. The van der Waals surface area contributed by atoms with E-state index in [0.29, 0.717) is 0 Å². The Balaban J connectivity index is 2.38. The van der Waals surface area contributed by atoms with Crippen molar-refractivity contribution < 1.29 is 0 Å². The maximum atomic E-state index is 4.53. The van der Waals surface area contributed by atoms with E-state index in [-0.39, 0.29) is 6.04 Å². The van der Waals surface area contributed by atoms with Gasteiger partial charge in [-0.3, -0.25) is 4.68 Å². The van der Waals surface area contributed by atoms with Crippen molar-refractivity contribution in [1.82, 2.24) is 15.1 Å². The van der Waals surface area contributed by atoms with Gasteiger partial charge in [0.15, 0.2) is 0 Å². The van der Waals surface area contributed by atoms with Crippen molar-refractivity contribution in [3.63, 3.8) is 0 Å². The molecule has 1 unspecified atom stereocenters. The van der Waals surface area contributed by atoms with Crippen LogP contribution in [0.1, 0.15) is 36.8 Å². The van der Waals surface area contributed by atoms with Crippen LogP contribution in [0.2, 0.25) is 0 Å². The highest BCUT2D eigenvalue weighted by Gasteiger charge is 2.17. The lowest BCUT2D eigenvalue weighted by molar-refractivity contribution is 0.571. The number of benzene rings is 1. The Bertz CT molecular complexity index is 488. The summed E-state index contributed by atoms with van der Waals surface area (Å²) >= 11 is 0. The Hall–Kier alpha value is -1.61. The zero-order chi connectivity index (χ0) is 13.0. The number of hydrogen-bond acceptors (Lipinski definition) is 2. The minimum atomic E-state index is 0.217. The monoisotopic (exact) mass is 243 g/mol. The largest absolute Gasteiger partial charge is 0.305 e. The van der Waals surface area contributed by atoms with E-state index in [2.05, 4.69) is 54.6 Å². The van der Waals surface area contributed by atoms with Crippen LogP contribution in [0.4, 0.5) is 0 Å². The quantitative estimate of drug-likeness (QED) is 0.875. The number of hydrogen-bond donors (Lipinski definition) is 1. The van der Waals surface area contributed by atoms with E-state index in [0.717, 1.165) is 18.7 Å². The minimum absolute atomic E-state index is 0.217. The molecule has 1 aromatic carbocycles. The standard InChI is InChI=1S/C15H21N3/c1-4-13-11-14(18(3)17-13)15(16-5-2)12-9-7-6-8-10-12/h6-11,15-16H,4-5H2,1-3H3. The number of aryl methyl sites for hydroxylation is 2. The molecule has 96 valence electrons. The van der Waals surface area contributed by atoms with Gasteiger partial charge in [-0.15, -0.1) is 0 Å². The Morgan fingerprint density at radius 2 is 1.94 bits per heavy atom. The van der Waals surface area contributed by atoms with Crippen LogP contribution >= 0.6 is 0 Å². The highest BCUT2D eigenvalue weighted by atomic mass is 15.3. The SMILES string of the molecule is CCNC(c1ccccc1)c1cc(CC)nn1C. The van der Waals surface area contributed by atoms with E-state index >= 15 is 0 Å². The topological polar surface area (TPSA) is 29.9 Å². The molecular weight excluding hydrogens is 222 g/mol. The first-order chi connectivity index (χ1) is 8.76. The number of aromatic nitrogens is 2. The molecule has 0 fully saturated rings. The molecule has 1 heterocycles. The zero-order valence-corrected chi connectivity index (χ0v) is 11.4. The third-order valence-corrected chi connectivity index (χ3v) is 3.17. The number of rotatable bonds is 5. The summed E-state index contributed by atoms with van der Waals surface area (Å²) in [7, 11) is 2.02. The number of nitrogens with zero attached hydrogens (tertiary/aromatic N) is 2. The maximum absolute atomic E-state index is 4.53. The molecule has 1 atom stereocenters. The Morgan fingerprint density at radius 1 is 1.22 bits per heavy atom. The number of nitrogens with one attached hydrogen (secondary N) is 1. The first-order valence-corrected chi connectivity index (χ1v) is 6.57. The fourth-order valence-corrected chi connectivity index (χ4v) is 2.23. The van der Waals surface area contributed by atoms with Gasteiger partial charge < -0.3 is 5.32 Å². The summed E-state index contributed by atoms with van der Waals surface area (Å²) in [5.74, 6) is 0. The van der Waals surface area contributed by atoms with Gasteiger partial charge >= 0.3 is 0 Å². The van der Waals surface area contributed by atoms with Crippen molar-refractivity contribution in [1.29, 1.82) is 0 Å². The van der Waals surface area contributed by atoms with Crippen molar-refractivity contribution >= 4 is 0 Å². The summed E-state index contributed by atoms with van der Waals surface area (Å²) < 4.78 is 1.99. The molecular formula is C15H21N3. The summed E-state index contributed by atoms with van der Waals surface area (Å²) in [4.78, 5) is 0. The molecule has 18 heavy (non-hydrogen) atoms. The van der Waals surface area contributed by atoms with Crippen molar-refractivity contribution in [3.8, 4) is 0 Å². The Morgan fingerprint density at radius 3 is 2.50 bits per heavy atom. The van der Waals surface area contributed by atoms with Crippen LogP contribution in [0, 0.1) is 0 Å². The molecule has 3 nitrogen and oxygen atoms in total. The second-order valence-corrected chi connectivity index (χ2v) is 4.44. The molecule has 0 aliphatic rings. The van der Waals surface area contributed by atoms with E-state index in [1.54, 1.807) is 0 Å². The Labute approximate surface area is 109 Å². The van der Waals surface area contributed by atoms with Crippen molar-refractivity contribution in [2.24, 2.45) is 7.05 Å². The Kier molecular flexibility index (Phi) is 4.15. The van der Waals surface area contributed by atoms with Gasteiger partial charge in [0.1, 0.15) is 0 Å². The van der Waals surface area contributed by atoms with Crippen LogP contribution in [0.3, 0.4) is 0 Å². The van der Waals surface area contributed by atoms with Gasteiger partial charge in [-0.25, -0.2) is 0 Å². The van der Waals surface area contributed by atoms with Gasteiger partial charge in [0.2, 0.25) is 0 Å². The molecule has 0 bridgehead atoms. The molecule has 1 aromatic heterocycles. The van der Waals surface area contributed by atoms with E-state index in [1.165, 1.54) is 11.3 Å². The fourth-order valence-electron chi connectivity index (χ4n) is 2.23. The summed E-state index contributed by atoms with van der Waals surface area (Å²) in [6, 6.07) is 12.9. The summed E-state index contributed by atoms with van der Waals surface area (Å²) in [6.45, 7) is 5.20. The average Bonchev–Trinajstić information content (AvgIpc) is 2.78. The van der Waals surface area contributed by atoms with Crippen molar-refractivity contribution in [2.45, 2.75) is 26.3 Å². The van der Waals surface area contributed by atoms with Gasteiger partial charge in [0, 0.05) is 7.05 Å². The van der Waals surface area contributed by atoms with E-state index in [4.69, 9.17) is 0 Å². The fraction of sp³-hybridized carbons (Fsp3) is 0.400. The second-order valence-electron chi connectivity index (χ2n) is 4.44.